The summed E-state index contributed by atoms with van der Waals surface area (Å²) in [6.07, 6.45) is 1.92. The molecule has 0 radical (unpaired) electrons. The zero-order valence-electron chi connectivity index (χ0n) is 12.9. The van der Waals surface area contributed by atoms with Crippen molar-refractivity contribution < 1.29 is 13.2 Å². The van der Waals surface area contributed by atoms with Crippen LogP contribution in [0.3, 0.4) is 0 Å². The fraction of sp³-hybridized carbons (Fsp3) is 0.562. The van der Waals surface area contributed by atoms with E-state index in [1.54, 1.807) is 0 Å². The molecule has 0 aromatic heterocycles. The summed E-state index contributed by atoms with van der Waals surface area (Å²) in [4.78, 5) is 11.0. The number of hydrogen-bond acceptors (Lipinski definition) is 3. The van der Waals surface area contributed by atoms with Gasteiger partial charge in [-0.2, -0.15) is 0 Å². The molecule has 1 aromatic carbocycles. The highest BCUT2D eigenvalue weighted by Crippen LogP contribution is 2.25. The van der Waals surface area contributed by atoms with Crippen LogP contribution in [0.15, 0.2) is 30.3 Å². The van der Waals surface area contributed by atoms with Gasteiger partial charge in [0.1, 0.15) is 0 Å². The van der Waals surface area contributed by atoms with Crippen molar-refractivity contribution in [3.05, 3.63) is 35.9 Å². The fourth-order valence-corrected chi connectivity index (χ4v) is 4.91. The largest absolute Gasteiger partial charge is 0.370 e. The van der Waals surface area contributed by atoms with Crippen molar-refractivity contribution in [2.75, 3.05) is 18.8 Å². The minimum atomic E-state index is -3.32. The van der Waals surface area contributed by atoms with Crippen LogP contribution < -0.4 is 5.73 Å². The maximum atomic E-state index is 12.6. The molecule has 1 aliphatic rings. The van der Waals surface area contributed by atoms with Gasteiger partial charge in [-0.25, -0.2) is 12.7 Å². The van der Waals surface area contributed by atoms with Crippen molar-refractivity contribution in [2.45, 2.75) is 32.1 Å². The van der Waals surface area contributed by atoms with Crippen molar-refractivity contribution in [3.63, 3.8) is 0 Å². The second kappa shape index (κ2) is 7.24. The summed E-state index contributed by atoms with van der Waals surface area (Å²) in [5.41, 5.74) is 6.25. The molecule has 2 rings (SSSR count). The molecule has 1 amide bonds. The Labute approximate surface area is 132 Å². The van der Waals surface area contributed by atoms with E-state index in [2.05, 4.69) is 0 Å². The molecule has 22 heavy (non-hydrogen) atoms. The molecule has 1 saturated heterocycles. The minimum absolute atomic E-state index is 0.0491. The van der Waals surface area contributed by atoms with Crippen LogP contribution in [0, 0.1) is 5.92 Å². The van der Waals surface area contributed by atoms with Crippen LogP contribution >= 0.6 is 0 Å². The van der Waals surface area contributed by atoms with E-state index in [0.717, 1.165) is 18.4 Å². The molecular weight excluding hydrogens is 300 g/mol. The zero-order valence-corrected chi connectivity index (χ0v) is 13.8. The molecule has 1 heterocycles. The number of rotatable bonds is 6. The summed E-state index contributed by atoms with van der Waals surface area (Å²) < 4.78 is 26.8. The zero-order chi connectivity index (χ0) is 16.2. The van der Waals surface area contributed by atoms with Crippen LogP contribution in [-0.2, 0) is 14.8 Å². The highest BCUT2D eigenvalue weighted by atomic mass is 32.2. The van der Waals surface area contributed by atoms with Gasteiger partial charge in [0.15, 0.2) is 0 Å². The Morgan fingerprint density at radius 1 is 1.36 bits per heavy atom. The van der Waals surface area contributed by atoms with Crippen LogP contribution in [0.5, 0.6) is 0 Å². The lowest BCUT2D eigenvalue weighted by Crippen LogP contribution is -2.42. The van der Waals surface area contributed by atoms with E-state index in [1.807, 2.05) is 37.3 Å². The van der Waals surface area contributed by atoms with Gasteiger partial charge in [-0.1, -0.05) is 37.3 Å². The maximum Gasteiger partial charge on any atom is 0.217 e. The number of sulfonamides is 1. The lowest BCUT2D eigenvalue weighted by Gasteiger charge is -2.32. The molecule has 0 spiro atoms. The van der Waals surface area contributed by atoms with Crippen LogP contribution in [0.2, 0.25) is 0 Å². The number of carbonyl (C=O) groups is 1. The molecule has 1 fully saturated rings. The standard InChI is InChI=1S/C16H24N2O3S/c1-13(15-7-3-2-4-8-15)12-22(20,21)18-9-5-6-14(11-18)10-16(17)19/h2-4,7-8,13-14H,5-6,9-12H2,1H3,(H2,17,19)/t13-,14-/m1/s1. The molecule has 1 aliphatic heterocycles. The summed E-state index contributed by atoms with van der Waals surface area (Å²) in [6, 6.07) is 9.66. The van der Waals surface area contributed by atoms with E-state index in [4.69, 9.17) is 5.73 Å². The molecule has 0 bridgehead atoms. The molecule has 2 atom stereocenters. The van der Waals surface area contributed by atoms with E-state index in [1.165, 1.54) is 4.31 Å². The van der Waals surface area contributed by atoms with Gasteiger partial charge >= 0.3 is 0 Å². The summed E-state index contributed by atoms with van der Waals surface area (Å²) in [7, 11) is -3.32. The van der Waals surface area contributed by atoms with Crippen LogP contribution in [-0.4, -0.2) is 37.5 Å². The topological polar surface area (TPSA) is 80.5 Å². The van der Waals surface area contributed by atoms with E-state index < -0.39 is 10.0 Å². The normalized spacial score (nSPS) is 21.4. The van der Waals surface area contributed by atoms with Gasteiger partial charge in [0.25, 0.3) is 0 Å². The SMILES string of the molecule is C[C@H](CS(=O)(=O)N1CCC[C@H](CC(N)=O)C1)c1ccccc1. The number of primary amides is 1. The van der Waals surface area contributed by atoms with E-state index >= 15 is 0 Å². The maximum absolute atomic E-state index is 12.6. The Morgan fingerprint density at radius 3 is 2.68 bits per heavy atom. The summed E-state index contributed by atoms with van der Waals surface area (Å²) in [5.74, 6) is -0.266. The van der Waals surface area contributed by atoms with Gasteiger partial charge in [-0.05, 0) is 30.2 Å². The van der Waals surface area contributed by atoms with Crippen LogP contribution in [0.4, 0.5) is 0 Å². The van der Waals surface area contributed by atoms with E-state index in [9.17, 15) is 13.2 Å². The highest BCUT2D eigenvalue weighted by Gasteiger charge is 2.30. The number of piperidine rings is 1. The average Bonchev–Trinajstić information content (AvgIpc) is 2.47. The van der Waals surface area contributed by atoms with Gasteiger partial charge < -0.3 is 5.73 Å². The van der Waals surface area contributed by atoms with Crippen LogP contribution in [0.25, 0.3) is 0 Å². The van der Waals surface area contributed by atoms with Crippen molar-refractivity contribution >= 4 is 15.9 Å². The Kier molecular flexibility index (Phi) is 5.58. The van der Waals surface area contributed by atoms with Gasteiger partial charge in [0.2, 0.25) is 15.9 Å². The number of benzene rings is 1. The Bertz CT molecular complexity index is 601. The lowest BCUT2D eigenvalue weighted by atomic mass is 9.96. The Balaban J connectivity index is 2.01. The van der Waals surface area contributed by atoms with Crippen molar-refractivity contribution in [1.29, 1.82) is 0 Å². The molecular formula is C16H24N2O3S. The molecule has 1 aromatic rings. The van der Waals surface area contributed by atoms with Crippen LogP contribution in [0.1, 0.15) is 37.7 Å². The predicted octanol–water partition coefficient (Wildman–Crippen LogP) is 1.71. The number of nitrogens with zero attached hydrogens (tertiary/aromatic N) is 1. The summed E-state index contributed by atoms with van der Waals surface area (Å²) in [5, 5.41) is 0. The molecule has 2 N–H and O–H groups in total. The quantitative estimate of drug-likeness (QED) is 0.865. The van der Waals surface area contributed by atoms with Crippen molar-refractivity contribution in [1.82, 2.24) is 4.31 Å². The number of amides is 1. The second-order valence-electron chi connectivity index (χ2n) is 6.13. The minimum Gasteiger partial charge on any atom is -0.370 e. The molecule has 0 saturated carbocycles. The first kappa shape index (κ1) is 17.0. The van der Waals surface area contributed by atoms with E-state index in [-0.39, 0.29) is 29.9 Å². The molecule has 0 unspecified atom stereocenters. The second-order valence-corrected chi connectivity index (χ2v) is 8.14. The number of carbonyl (C=O) groups excluding carboxylic acids is 1. The number of hydrogen-bond donors (Lipinski definition) is 1. The third-order valence-electron chi connectivity index (χ3n) is 4.19. The average molecular weight is 324 g/mol. The molecule has 5 nitrogen and oxygen atoms in total. The third kappa shape index (κ3) is 4.55. The lowest BCUT2D eigenvalue weighted by molar-refractivity contribution is -0.119. The first-order chi connectivity index (χ1) is 10.4. The first-order valence-electron chi connectivity index (χ1n) is 7.69. The van der Waals surface area contributed by atoms with Gasteiger partial charge in [0.05, 0.1) is 5.75 Å². The Hall–Kier alpha value is -1.40. The summed E-state index contributed by atoms with van der Waals surface area (Å²) >= 11 is 0. The summed E-state index contributed by atoms with van der Waals surface area (Å²) in [6.45, 7) is 2.88. The van der Waals surface area contributed by atoms with Crippen molar-refractivity contribution in [3.8, 4) is 0 Å². The first-order valence-corrected chi connectivity index (χ1v) is 9.30. The fourth-order valence-electron chi connectivity index (χ4n) is 3.03. The smallest absolute Gasteiger partial charge is 0.217 e. The van der Waals surface area contributed by atoms with E-state index in [0.29, 0.717) is 13.1 Å². The third-order valence-corrected chi connectivity index (χ3v) is 6.23. The highest BCUT2D eigenvalue weighted by molar-refractivity contribution is 7.89. The predicted molar refractivity (Wildman–Crippen MR) is 86.8 cm³/mol. The monoisotopic (exact) mass is 324 g/mol. The van der Waals surface area contributed by atoms with Gasteiger partial charge in [0, 0.05) is 19.5 Å². The molecule has 6 heteroatoms. The van der Waals surface area contributed by atoms with Crippen molar-refractivity contribution in [2.24, 2.45) is 11.7 Å². The number of nitrogens with two attached hydrogens (primary N) is 1. The molecule has 122 valence electrons. The van der Waals surface area contributed by atoms with Gasteiger partial charge in [-0.15, -0.1) is 0 Å². The van der Waals surface area contributed by atoms with Gasteiger partial charge in [-0.3, -0.25) is 4.79 Å². The molecule has 0 aliphatic carbocycles. The Morgan fingerprint density at radius 2 is 2.05 bits per heavy atom.